The van der Waals surface area contributed by atoms with Crippen molar-refractivity contribution < 1.29 is 28.0 Å². The third kappa shape index (κ3) is 2.89. The van der Waals surface area contributed by atoms with Gasteiger partial charge in [0.15, 0.2) is 11.6 Å². The smallest absolute Gasteiger partial charge is 0.454 e. The number of hydrogen-bond acceptors (Lipinski definition) is 3. The molecule has 0 saturated carbocycles. The molecule has 0 aliphatic carbocycles. The Labute approximate surface area is 107 Å². The predicted molar refractivity (Wildman–Crippen MR) is 62.7 cm³/mol. The molecule has 0 heterocycles. The molecule has 0 spiro atoms. The Morgan fingerprint density at radius 2 is 1.68 bits per heavy atom. The zero-order chi connectivity index (χ0) is 14.0. The van der Waals surface area contributed by atoms with Crippen molar-refractivity contribution in [1.82, 2.24) is 0 Å². The zero-order valence-electron chi connectivity index (χ0n) is 9.48. The molecule has 0 aromatic heterocycles. The Kier molecular flexibility index (Phi) is 3.78. The normalized spacial score (nSPS) is 10.4. The van der Waals surface area contributed by atoms with Crippen LogP contribution in [0.25, 0.3) is 0 Å². The summed E-state index contributed by atoms with van der Waals surface area (Å²) in [4.78, 5) is 0. The summed E-state index contributed by atoms with van der Waals surface area (Å²) in [7, 11) is -2.13. The Morgan fingerprint density at radius 1 is 0.947 bits per heavy atom. The molecule has 0 aliphatic rings. The lowest BCUT2D eigenvalue weighted by molar-refractivity contribution is 0.405. The van der Waals surface area contributed by atoms with Gasteiger partial charge in [-0.3, -0.25) is 0 Å². The summed E-state index contributed by atoms with van der Waals surface area (Å²) >= 11 is 0. The Balaban J connectivity index is 2.34. The second-order valence-electron chi connectivity index (χ2n) is 3.71. The van der Waals surface area contributed by atoms with Gasteiger partial charge < -0.3 is 14.8 Å². The van der Waals surface area contributed by atoms with Gasteiger partial charge in [-0.2, -0.15) is 4.39 Å². The van der Waals surface area contributed by atoms with E-state index in [1.54, 1.807) is 0 Å². The molecule has 2 aromatic carbocycles. The number of rotatable bonds is 3. The van der Waals surface area contributed by atoms with Crippen molar-refractivity contribution >= 4 is 12.6 Å². The van der Waals surface area contributed by atoms with Crippen molar-refractivity contribution in [3.05, 3.63) is 53.8 Å². The summed E-state index contributed by atoms with van der Waals surface area (Å²) in [6.45, 7) is 0. The molecule has 0 saturated heterocycles. The number of benzene rings is 2. The summed E-state index contributed by atoms with van der Waals surface area (Å²) in [6.07, 6.45) is 0. The summed E-state index contributed by atoms with van der Waals surface area (Å²) in [5.41, 5.74) is -0.607. The molecule has 0 fully saturated rings. The highest BCUT2D eigenvalue weighted by Gasteiger charge is 2.22. The molecule has 98 valence electrons. The second-order valence-corrected chi connectivity index (χ2v) is 3.71. The average Bonchev–Trinajstić information content (AvgIpc) is 2.35. The van der Waals surface area contributed by atoms with E-state index in [1.165, 1.54) is 18.2 Å². The molecular weight excluding hydrogens is 260 g/mol. The highest BCUT2D eigenvalue weighted by atomic mass is 19.2. The van der Waals surface area contributed by atoms with Crippen LogP contribution in [0.2, 0.25) is 0 Å². The van der Waals surface area contributed by atoms with Gasteiger partial charge >= 0.3 is 7.12 Å². The van der Waals surface area contributed by atoms with Gasteiger partial charge in [0.2, 0.25) is 5.82 Å². The summed E-state index contributed by atoms with van der Waals surface area (Å²) in [5.74, 6) is -3.87. The standard InChI is InChI=1S/C12H8BF3O3/c14-7-2-1-3-8(6-7)19-10-5-4-9(13(17)18)11(15)12(10)16/h1-6,17-18H. The zero-order valence-corrected chi connectivity index (χ0v) is 9.48. The first kappa shape index (κ1) is 13.4. The Bertz CT molecular complexity index is 605. The minimum absolute atomic E-state index is 0.00408. The third-order valence-electron chi connectivity index (χ3n) is 2.38. The third-order valence-corrected chi connectivity index (χ3v) is 2.38. The maximum atomic E-state index is 13.6. The van der Waals surface area contributed by atoms with Crippen LogP contribution in [0.1, 0.15) is 0 Å². The molecule has 19 heavy (non-hydrogen) atoms. The van der Waals surface area contributed by atoms with Crippen molar-refractivity contribution in [1.29, 1.82) is 0 Å². The summed E-state index contributed by atoms with van der Waals surface area (Å²) in [6, 6.07) is 6.90. The molecule has 7 heteroatoms. The Hall–Kier alpha value is -1.99. The van der Waals surface area contributed by atoms with E-state index < -0.39 is 35.8 Å². The van der Waals surface area contributed by atoms with Crippen LogP contribution in [-0.4, -0.2) is 17.2 Å². The number of ether oxygens (including phenoxy) is 1. The van der Waals surface area contributed by atoms with Crippen LogP contribution in [0, 0.1) is 17.5 Å². The van der Waals surface area contributed by atoms with Gasteiger partial charge in [0, 0.05) is 11.5 Å². The lowest BCUT2D eigenvalue weighted by Crippen LogP contribution is -2.33. The lowest BCUT2D eigenvalue weighted by Gasteiger charge is -2.09. The largest absolute Gasteiger partial charge is 0.491 e. The van der Waals surface area contributed by atoms with Gasteiger partial charge in [-0.25, -0.2) is 8.78 Å². The van der Waals surface area contributed by atoms with Crippen molar-refractivity contribution in [2.45, 2.75) is 0 Å². The fraction of sp³-hybridized carbons (Fsp3) is 0. The van der Waals surface area contributed by atoms with E-state index in [0.29, 0.717) is 0 Å². The molecule has 3 nitrogen and oxygen atoms in total. The van der Waals surface area contributed by atoms with Crippen LogP contribution >= 0.6 is 0 Å². The molecule has 0 aliphatic heterocycles. The van der Waals surface area contributed by atoms with Crippen LogP contribution in [0.4, 0.5) is 13.2 Å². The van der Waals surface area contributed by atoms with Crippen molar-refractivity contribution in [3.8, 4) is 11.5 Å². The minimum atomic E-state index is -2.13. The molecule has 2 rings (SSSR count). The van der Waals surface area contributed by atoms with Gasteiger partial charge in [-0.05, 0) is 18.2 Å². The van der Waals surface area contributed by atoms with Gasteiger partial charge in [0.25, 0.3) is 0 Å². The fourth-order valence-corrected chi connectivity index (χ4v) is 1.48. The monoisotopic (exact) mass is 268 g/mol. The van der Waals surface area contributed by atoms with Crippen LogP contribution in [-0.2, 0) is 0 Å². The van der Waals surface area contributed by atoms with Crippen molar-refractivity contribution in [2.24, 2.45) is 0 Å². The van der Waals surface area contributed by atoms with E-state index in [9.17, 15) is 13.2 Å². The minimum Gasteiger partial charge on any atom is -0.454 e. The number of hydrogen-bond donors (Lipinski definition) is 2. The molecule has 2 aromatic rings. The van der Waals surface area contributed by atoms with E-state index >= 15 is 0 Å². The summed E-state index contributed by atoms with van der Waals surface area (Å²) in [5, 5.41) is 17.6. The van der Waals surface area contributed by atoms with E-state index in [0.717, 1.165) is 18.2 Å². The molecule has 0 radical (unpaired) electrons. The van der Waals surface area contributed by atoms with Gasteiger partial charge in [-0.15, -0.1) is 0 Å². The predicted octanol–water partition coefficient (Wildman–Crippen LogP) is 1.58. The molecular formula is C12H8BF3O3. The Morgan fingerprint density at radius 3 is 2.32 bits per heavy atom. The highest BCUT2D eigenvalue weighted by Crippen LogP contribution is 2.25. The van der Waals surface area contributed by atoms with Crippen LogP contribution < -0.4 is 10.2 Å². The van der Waals surface area contributed by atoms with Crippen LogP contribution in [0.15, 0.2) is 36.4 Å². The van der Waals surface area contributed by atoms with Gasteiger partial charge in [0.05, 0.1) is 0 Å². The van der Waals surface area contributed by atoms with E-state index in [-0.39, 0.29) is 5.75 Å². The van der Waals surface area contributed by atoms with E-state index in [4.69, 9.17) is 14.8 Å². The first-order chi connectivity index (χ1) is 8.99. The topological polar surface area (TPSA) is 49.7 Å². The molecule has 2 N–H and O–H groups in total. The SMILES string of the molecule is OB(O)c1ccc(Oc2cccc(F)c2)c(F)c1F. The quantitative estimate of drug-likeness (QED) is 0.831. The molecule has 0 amide bonds. The van der Waals surface area contributed by atoms with Gasteiger partial charge in [0.1, 0.15) is 11.6 Å². The average molecular weight is 268 g/mol. The maximum absolute atomic E-state index is 13.6. The van der Waals surface area contributed by atoms with Crippen molar-refractivity contribution in [2.75, 3.05) is 0 Å². The second kappa shape index (κ2) is 5.33. The van der Waals surface area contributed by atoms with Crippen LogP contribution in [0.5, 0.6) is 11.5 Å². The highest BCUT2D eigenvalue weighted by molar-refractivity contribution is 6.58. The van der Waals surface area contributed by atoms with E-state index in [2.05, 4.69) is 0 Å². The maximum Gasteiger partial charge on any atom is 0.491 e. The molecule has 0 unspecified atom stereocenters. The lowest BCUT2D eigenvalue weighted by atomic mass is 9.80. The first-order valence-electron chi connectivity index (χ1n) is 5.26. The number of halogens is 3. The first-order valence-corrected chi connectivity index (χ1v) is 5.26. The van der Waals surface area contributed by atoms with E-state index in [1.807, 2.05) is 0 Å². The summed E-state index contributed by atoms with van der Waals surface area (Å²) < 4.78 is 44.9. The van der Waals surface area contributed by atoms with Gasteiger partial charge in [-0.1, -0.05) is 12.1 Å². The van der Waals surface area contributed by atoms with Crippen LogP contribution in [0.3, 0.4) is 0 Å². The molecule has 0 bridgehead atoms. The fourth-order valence-electron chi connectivity index (χ4n) is 1.48. The van der Waals surface area contributed by atoms with Crippen molar-refractivity contribution in [3.63, 3.8) is 0 Å². The molecule has 0 atom stereocenters.